The first-order valence-electron chi connectivity index (χ1n) is 8.29. The van der Waals surface area contributed by atoms with E-state index in [0.717, 1.165) is 6.42 Å². The number of hydrogen-bond donors (Lipinski definition) is 3. The summed E-state index contributed by atoms with van der Waals surface area (Å²) in [6.45, 7) is 5.06. The summed E-state index contributed by atoms with van der Waals surface area (Å²) in [5, 5.41) is 12.7. The Bertz CT molecular complexity index is 783. The van der Waals surface area contributed by atoms with Gasteiger partial charge in [0.2, 0.25) is 0 Å². The number of ketones is 1. The van der Waals surface area contributed by atoms with E-state index in [1.54, 1.807) is 13.0 Å². The van der Waals surface area contributed by atoms with Crippen LogP contribution in [0.3, 0.4) is 0 Å². The molecule has 0 bridgehead atoms. The van der Waals surface area contributed by atoms with Gasteiger partial charge in [-0.1, -0.05) is 31.5 Å². The molecule has 0 spiro atoms. The van der Waals surface area contributed by atoms with E-state index in [-0.39, 0.29) is 17.9 Å². The minimum atomic E-state index is -1.15. The van der Waals surface area contributed by atoms with E-state index in [2.05, 4.69) is 10.3 Å². The van der Waals surface area contributed by atoms with Gasteiger partial charge in [-0.3, -0.25) is 9.59 Å². The third-order valence-corrected chi connectivity index (χ3v) is 4.09. The van der Waals surface area contributed by atoms with Crippen molar-refractivity contribution in [2.75, 3.05) is 6.54 Å². The largest absolute Gasteiger partial charge is 0.386 e. The molecule has 2 rings (SSSR count). The maximum absolute atomic E-state index is 13.7. The second kappa shape index (κ2) is 8.07. The van der Waals surface area contributed by atoms with Crippen LogP contribution >= 0.6 is 0 Å². The molecule has 0 aliphatic carbocycles. The highest BCUT2D eigenvalue weighted by molar-refractivity contribution is 6.02. The average molecular weight is 346 g/mol. The van der Waals surface area contributed by atoms with Crippen LogP contribution in [0.25, 0.3) is 0 Å². The first kappa shape index (κ1) is 18.9. The van der Waals surface area contributed by atoms with Crippen molar-refractivity contribution < 1.29 is 19.1 Å². The van der Waals surface area contributed by atoms with E-state index in [1.807, 2.05) is 6.92 Å². The molecule has 1 atom stereocenters. The van der Waals surface area contributed by atoms with Gasteiger partial charge in [-0.2, -0.15) is 0 Å². The summed E-state index contributed by atoms with van der Waals surface area (Å²) in [7, 11) is 0. The molecule has 0 saturated carbocycles. The molecule has 5 nitrogen and oxygen atoms in total. The summed E-state index contributed by atoms with van der Waals surface area (Å²) in [6.07, 6.45) is 0.233. The summed E-state index contributed by atoms with van der Waals surface area (Å²) in [6, 6.07) is 5.89. The number of carbonyl (C=O) groups excluding carboxylic acids is 2. The van der Waals surface area contributed by atoms with Crippen LogP contribution in [0.5, 0.6) is 0 Å². The zero-order chi connectivity index (χ0) is 18.6. The minimum absolute atomic E-state index is 0.0948. The quantitative estimate of drug-likeness (QED) is 0.674. The lowest BCUT2D eigenvalue weighted by molar-refractivity contribution is 0.0908. The van der Waals surface area contributed by atoms with Crippen molar-refractivity contribution in [1.29, 1.82) is 0 Å². The molecule has 1 unspecified atom stereocenters. The van der Waals surface area contributed by atoms with E-state index in [1.165, 1.54) is 25.1 Å². The van der Waals surface area contributed by atoms with Gasteiger partial charge >= 0.3 is 0 Å². The van der Waals surface area contributed by atoms with Gasteiger partial charge in [-0.15, -0.1) is 0 Å². The lowest BCUT2D eigenvalue weighted by Gasteiger charge is -2.13. The third kappa shape index (κ3) is 4.14. The molecular formula is C19H23FN2O3. The molecule has 25 heavy (non-hydrogen) atoms. The Balaban J connectivity index is 2.17. The fourth-order valence-electron chi connectivity index (χ4n) is 2.98. The molecule has 0 aliphatic rings. The molecule has 0 aliphatic heterocycles. The molecule has 0 saturated heterocycles. The summed E-state index contributed by atoms with van der Waals surface area (Å²) in [4.78, 5) is 27.3. The summed E-state index contributed by atoms with van der Waals surface area (Å²) < 4.78 is 13.7. The van der Waals surface area contributed by atoms with Crippen LogP contribution in [0, 0.1) is 12.7 Å². The van der Waals surface area contributed by atoms with Crippen molar-refractivity contribution in [3.05, 3.63) is 58.2 Å². The molecule has 1 amide bonds. The van der Waals surface area contributed by atoms with E-state index in [0.29, 0.717) is 28.9 Å². The van der Waals surface area contributed by atoms with Gasteiger partial charge in [0.1, 0.15) is 11.5 Å². The van der Waals surface area contributed by atoms with Crippen molar-refractivity contribution in [2.24, 2.45) is 0 Å². The second-order valence-electron chi connectivity index (χ2n) is 6.03. The van der Waals surface area contributed by atoms with Crippen LogP contribution in [0.2, 0.25) is 0 Å². The van der Waals surface area contributed by atoms with Crippen LogP contribution in [0.1, 0.15) is 64.0 Å². The highest BCUT2D eigenvalue weighted by Gasteiger charge is 2.23. The maximum atomic E-state index is 13.7. The molecule has 0 fully saturated rings. The monoisotopic (exact) mass is 346 g/mol. The third-order valence-electron chi connectivity index (χ3n) is 4.09. The van der Waals surface area contributed by atoms with Gasteiger partial charge in [0.15, 0.2) is 5.78 Å². The maximum Gasteiger partial charge on any atom is 0.268 e. The summed E-state index contributed by atoms with van der Waals surface area (Å²) >= 11 is 0. The number of halogens is 1. The van der Waals surface area contributed by atoms with Crippen molar-refractivity contribution >= 4 is 11.7 Å². The highest BCUT2D eigenvalue weighted by atomic mass is 19.1. The Morgan fingerprint density at radius 2 is 2.00 bits per heavy atom. The SMILES string of the molecule is CCCc1c(C(=O)NCC(O)c2ccccc2F)[nH]c(C)c1C(C)=O. The minimum Gasteiger partial charge on any atom is -0.386 e. The van der Waals surface area contributed by atoms with Gasteiger partial charge in [-0.05, 0) is 31.9 Å². The Hall–Kier alpha value is -2.47. The average Bonchev–Trinajstić information content (AvgIpc) is 2.89. The number of carbonyl (C=O) groups is 2. The summed E-state index contributed by atoms with van der Waals surface area (Å²) in [5.74, 6) is -1.04. The summed E-state index contributed by atoms with van der Waals surface area (Å²) in [5.41, 5.74) is 2.33. The van der Waals surface area contributed by atoms with Gasteiger partial charge in [0, 0.05) is 23.4 Å². The zero-order valence-electron chi connectivity index (χ0n) is 14.6. The predicted octanol–water partition coefficient (Wildman–Crippen LogP) is 3.08. The fraction of sp³-hybridized carbons (Fsp3) is 0.368. The number of aliphatic hydroxyl groups excluding tert-OH is 1. The highest BCUT2D eigenvalue weighted by Crippen LogP contribution is 2.22. The lowest BCUT2D eigenvalue weighted by atomic mass is 10.0. The number of nitrogens with one attached hydrogen (secondary N) is 2. The number of rotatable bonds is 7. The number of aryl methyl sites for hydroxylation is 1. The van der Waals surface area contributed by atoms with E-state index in [9.17, 15) is 19.1 Å². The van der Waals surface area contributed by atoms with Crippen LogP contribution in [-0.2, 0) is 6.42 Å². The van der Waals surface area contributed by atoms with Gasteiger partial charge in [0.25, 0.3) is 5.91 Å². The van der Waals surface area contributed by atoms with Crippen LogP contribution < -0.4 is 5.32 Å². The van der Waals surface area contributed by atoms with Crippen LogP contribution in [0.15, 0.2) is 24.3 Å². The fourth-order valence-corrected chi connectivity index (χ4v) is 2.98. The van der Waals surface area contributed by atoms with Gasteiger partial charge in [-0.25, -0.2) is 4.39 Å². The van der Waals surface area contributed by atoms with Crippen molar-refractivity contribution in [3.8, 4) is 0 Å². The van der Waals surface area contributed by atoms with Crippen molar-refractivity contribution in [3.63, 3.8) is 0 Å². The molecule has 3 N–H and O–H groups in total. The molecule has 1 heterocycles. The number of H-pyrrole nitrogens is 1. The molecule has 2 aromatic rings. The van der Waals surface area contributed by atoms with E-state index in [4.69, 9.17) is 0 Å². The second-order valence-corrected chi connectivity index (χ2v) is 6.03. The Labute approximate surface area is 146 Å². The number of aliphatic hydroxyl groups is 1. The lowest BCUT2D eigenvalue weighted by Crippen LogP contribution is -2.29. The zero-order valence-corrected chi connectivity index (χ0v) is 14.6. The normalized spacial score (nSPS) is 12.0. The van der Waals surface area contributed by atoms with Crippen LogP contribution in [0.4, 0.5) is 4.39 Å². The number of hydrogen-bond acceptors (Lipinski definition) is 3. The number of Topliss-reactive ketones (excluding diaryl/α,β-unsaturated/α-hetero) is 1. The first-order chi connectivity index (χ1) is 11.9. The molecule has 1 aromatic heterocycles. The van der Waals surface area contributed by atoms with Crippen molar-refractivity contribution in [1.82, 2.24) is 10.3 Å². The number of amides is 1. The van der Waals surface area contributed by atoms with Crippen molar-refractivity contribution in [2.45, 2.75) is 39.7 Å². The topological polar surface area (TPSA) is 82.2 Å². The molecular weight excluding hydrogens is 323 g/mol. The number of aromatic amines is 1. The van der Waals surface area contributed by atoms with E-state index < -0.39 is 17.8 Å². The van der Waals surface area contributed by atoms with Gasteiger partial charge in [0.05, 0.1) is 6.10 Å². The molecule has 0 radical (unpaired) electrons. The number of benzene rings is 1. The standard InChI is InChI=1S/C19H23FN2O3/c1-4-7-14-17(12(3)23)11(2)22-18(14)19(25)21-10-16(24)13-8-5-6-9-15(13)20/h5-6,8-9,16,22,24H,4,7,10H2,1-3H3,(H,21,25). The molecule has 1 aromatic carbocycles. The molecule has 134 valence electrons. The Morgan fingerprint density at radius 3 is 2.60 bits per heavy atom. The van der Waals surface area contributed by atoms with Crippen LogP contribution in [-0.4, -0.2) is 28.3 Å². The smallest absolute Gasteiger partial charge is 0.268 e. The molecule has 6 heteroatoms. The number of aromatic nitrogens is 1. The van der Waals surface area contributed by atoms with E-state index >= 15 is 0 Å². The predicted molar refractivity (Wildman–Crippen MR) is 93.2 cm³/mol. The van der Waals surface area contributed by atoms with Gasteiger partial charge < -0.3 is 15.4 Å². The Kier molecular flexibility index (Phi) is 6.09. The Morgan fingerprint density at radius 1 is 1.32 bits per heavy atom. The first-order valence-corrected chi connectivity index (χ1v) is 8.29.